The summed E-state index contributed by atoms with van der Waals surface area (Å²) in [6.45, 7) is 7.86. The summed E-state index contributed by atoms with van der Waals surface area (Å²) in [6.07, 6.45) is 4.84. The molecule has 0 aliphatic heterocycles. The van der Waals surface area contributed by atoms with Crippen molar-refractivity contribution in [2.24, 2.45) is 0 Å². The molecule has 0 aliphatic rings. The number of nitrogens with one attached hydrogen (secondary N) is 2. The molecule has 0 atom stereocenters. The van der Waals surface area contributed by atoms with E-state index in [9.17, 15) is 13.2 Å². The molecule has 4 aromatic rings. The van der Waals surface area contributed by atoms with Crippen LogP contribution in [-0.4, -0.2) is 54.3 Å². The highest BCUT2D eigenvalue weighted by Crippen LogP contribution is 2.36. The third-order valence-corrected chi connectivity index (χ3v) is 7.04. The maximum absolute atomic E-state index is 13.3. The largest absolute Gasteiger partial charge is 0.496 e. The minimum Gasteiger partial charge on any atom is -0.496 e. The number of benzene rings is 1. The number of methoxy groups -OCH3 is 2. The molecule has 13 nitrogen and oxygen atoms in total. The van der Waals surface area contributed by atoms with Crippen molar-refractivity contribution in [3.8, 4) is 11.5 Å². The van der Waals surface area contributed by atoms with Gasteiger partial charge in [-0.05, 0) is 51.0 Å². The molecule has 1 amide bonds. The lowest BCUT2D eigenvalue weighted by Gasteiger charge is -2.19. The molecular formula is C26H32N6O7S. The van der Waals surface area contributed by atoms with Crippen molar-refractivity contribution in [2.75, 3.05) is 18.9 Å². The highest BCUT2D eigenvalue weighted by molar-refractivity contribution is 7.92. The fourth-order valence-electron chi connectivity index (χ4n) is 3.88. The minimum absolute atomic E-state index is 0.0232. The van der Waals surface area contributed by atoms with E-state index in [0.29, 0.717) is 35.4 Å². The predicted octanol–water partition coefficient (Wildman–Crippen LogP) is 3.87. The number of rotatable bonds is 10. The van der Waals surface area contributed by atoms with Crippen molar-refractivity contribution in [1.82, 2.24) is 25.2 Å². The molecule has 3 heterocycles. The molecule has 40 heavy (non-hydrogen) atoms. The molecule has 0 fully saturated rings. The lowest BCUT2D eigenvalue weighted by molar-refractivity contribution is 0.0523. The van der Waals surface area contributed by atoms with Crippen molar-refractivity contribution in [1.29, 1.82) is 0 Å². The van der Waals surface area contributed by atoms with Crippen molar-refractivity contribution < 1.29 is 31.9 Å². The number of hydrogen-bond acceptors (Lipinski definition) is 10. The Hall–Kier alpha value is -4.33. The zero-order valence-electron chi connectivity index (χ0n) is 23.1. The van der Waals surface area contributed by atoms with Gasteiger partial charge in [0.15, 0.2) is 17.2 Å². The number of fused-ring (bicyclic) bond motifs is 1. The third kappa shape index (κ3) is 6.62. The standard InChI is InChI=1S/C26H32N6O7S/c1-7-18-10-22(21(37-6)13-27-18)40(34,35)31-24-23-19(36-5)8-16(9-20(23)39-30-24)14-32-15-17(12-29-32)11-28-25(33)38-26(2,3)4/h8-10,12-13,15H,7,11,14H2,1-6H3,(H,28,33)(H,30,31). The summed E-state index contributed by atoms with van der Waals surface area (Å²) in [5, 5.41) is 11.4. The number of aromatic nitrogens is 4. The van der Waals surface area contributed by atoms with Gasteiger partial charge in [-0.3, -0.25) is 14.4 Å². The van der Waals surface area contributed by atoms with Gasteiger partial charge in [0.1, 0.15) is 21.6 Å². The third-order valence-electron chi connectivity index (χ3n) is 5.68. The Balaban J connectivity index is 1.54. The lowest BCUT2D eigenvalue weighted by Crippen LogP contribution is -2.32. The van der Waals surface area contributed by atoms with E-state index in [1.807, 2.05) is 6.92 Å². The van der Waals surface area contributed by atoms with Crippen LogP contribution in [0.3, 0.4) is 0 Å². The van der Waals surface area contributed by atoms with E-state index in [0.717, 1.165) is 11.1 Å². The van der Waals surface area contributed by atoms with E-state index in [1.54, 1.807) is 50.0 Å². The summed E-state index contributed by atoms with van der Waals surface area (Å²) in [7, 11) is -1.26. The second-order valence-electron chi connectivity index (χ2n) is 9.89. The zero-order chi connectivity index (χ0) is 29.1. The van der Waals surface area contributed by atoms with Crippen LogP contribution in [-0.2, 0) is 34.3 Å². The van der Waals surface area contributed by atoms with Crippen LogP contribution in [0.1, 0.15) is 44.5 Å². The number of nitrogens with zero attached hydrogens (tertiary/aromatic N) is 4. The quantitative estimate of drug-likeness (QED) is 0.285. The first-order valence-corrected chi connectivity index (χ1v) is 13.9. The second kappa shape index (κ2) is 11.4. The summed E-state index contributed by atoms with van der Waals surface area (Å²) >= 11 is 0. The number of anilines is 1. The summed E-state index contributed by atoms with van der Waals surface area (Å²) in [5.41, 5.74) is 1.88. The molecule has 1 aromatic carbocycles. The number of hydrogen-bond donors (Lipinski definition) is 2. The van der Waals surface area contributed by atoms with Crippen LogP contribution in [0.4, 0.5) is 10.6 Å². The van der Waals surface area contributed by atoms with Gasteiger partial charge in [-0.15, -0.1) is 0 Å². The van der Waals surface area contributed by atoms with Gasteiger partial charge < -0.3 is 24.1 Å². The Kier molecular flexibility index (Phi) is 8.18. The molecule has 0 saturated carbocycles. The Morgan fingerprint density at radius 3 is 2.50 bits per heavy atom. The zero-order valence-corrected chi connectivity index (χ0v) is 24.0. The Labute approximate surface area is 231 Å². The van der Waals surface area contributed by atoms with Crippen LogP contribution in [0.15, 0.2) is 46.2 Å². The van der Waals surface area contributed by atoms with Gasteiger partial charge >= 0.3 is 6.09 Å². The normalized spacial score (nSPS) is 11.8. The van der Waals surface area contributed by atoms with E-state index in [1.165, 1.54) is 26.5 Å². The van der Waals surface area contributed by atoms with Crippen LogP contribution in [0.5, 0.6) is 11.5 Å². The SMILES string of the molecule is CCc1cc(S(=O)(=O)Nc2noc3cc(Cn4cc(CNC(=O)OC(C)(C)C)cn4)cc(OC)c23)c(OC)cn1. The molecule has 0 spiro atoms. The Morgan fingerprint density at radius 2 is 1.82 bits per heavy atom. The average molecular weight is 573 g/mol. The molecule has 0 aliphatic carbocycles. The maximum atomic E-state index is 13.3. The van der Waals surface area contributed by atoms with Gasteiger partial charge in [-0.1, -0.05) is 12.1 Å². The van der Waals surface area contributed by atoms with Crippen molar-refractivity contribution in [3.63, 3.8) is 0 Å². The number of alkyl carbamates (subject to hydrolysis) is 1. The maximum Gasteiger partial charge on any atom is 0.407 e. The fraction of sp³-hybridized carbons (Fsp3) is 0.385. The topological polar surface area (TPSA) is 160 Å². The van der Waals surface area contributed by atoms with E-state index in [2.05, 4.69) is 25.3 Å². The number of amides is 1. The summed E-state index contributed by atoms with van der Waals surface area (Å²) in [5.74, 6) is 0.443. The number of carbonyl (C=O) groups excluding carboxylic acids is 1. The first-order valence-electron chi connectivity index (χ1n) is 12.4. The fourth-order valence-corrected chi connectivity index (χ4v) is 5.07. The van der Waals surface area contributed by atoms with Gasteiger partial charge in [-0.2, -0.15) is 5.10 Å². The molecular weight excluding hydrogens is 540 g/mol. The first kappa shape index (κ1) is 28.7. The number of pyridine rings is 1. The molecule has 3 aromatic heterocycles. The second-order valence-corrected chi connectivity index (χ2v) is 11.5. The molecule has 0 unspecified atom stereocenters. The van der Waals surface area contributed by atoms with Gasteiger partial charge in [0.2, 0.25) is 0 Å². The van der Waals surface area contributed by atoms with Crippen LogP contribution in [0, 0.1) is 0 Å². The highest BCUT2D eigenvalue weighted by Gasteiger charge is 2.25. The molecule has 4 rings (SSSR count). The molecule has 14 heteroatoms. The van der Waals surface area contributed by atoms with Crippen molar-refractivity contribution in [2.45, 2.75) is 57.7 Å². The van der Waals surface area contributed by atoms with Gasteiger partial charge in [0, 0.05) is 24.0 Å². The first-order chi connectivity index (χ1) is 18.9. The molecule has 214 valence electrons. The van der Waals surface area contributed by atoms with Gasteiger partial charge in [-0.25, -0.2) is 13.2 Å². The van der Waals surface area contributed by atoms with Crippen LogP contribution < -0.4 is 19.5 Å². The minimum atomic E-state index is -4.10. The smallest absolute Gasteiger partial charge is 0.407 e. The monoisotopic (exact) mass is 572 g/mol. The molecule has 0 bridgehead atoms. The van der Waals surface area contributed by atoms with E-state index in [4.69, 9.17) is 18.7 Å². The van der Waals surface area contributed by atoms with Crippen molar-refractivity contribution >= 4 is 32.9 Å². The van der Waals surface area contributed by atoms with E-state index >= 15 is 0 Å². The summed E-state index contributed by atoms with van der Waals surface area (Å²) in [4.78, 5) is 16.0. The number of sulfonamides is 1. The molecule has 0 radical (unpaired) electrons. The molecule has 0 saturated heterocycles. The number of ether oxygens (including phenoxy) is 3. The van der Waals surface area contributed by atoms with Crippen molar-refractivity contribution in [3.05, 3.63) is 53.6 Å². The highest BCUT2D eigenvalue weighted by atomic mass is 32.2. The Morgan fingerprint density at radius 1 is 1.07 bits per heavy atom. The summed E-state index contributed by atoms with van der Waals surface area (Å²) in [6, 6.07) is 4.94. The van der Waals surface area contributed by atoms with E-state index < -0.39 is 21.7 Å². The van der Waals surface area contributed by atoms with Crippen LogP contribution in [0.2, 0.25) is 0 Å². The number of carbonyl (C=O) groups is 1. The van der Waals surface area contributed by atoms with Crippen LogP contribution >= 0.6 is 0 Å². The summed E-state index contributed by atoms with van der Waals surface area (Å²) < 4.78 is 52.2. The van der Waals surface area contributed by atoms with Crippen LogP contribution in [0.25, 0.3) is 11.0 Å². The van der Waals surface area contributed by atoms with Gasteiger partial charge in [0.05, 0.1) is 33.2 Å². The average Bonchev–Trinajstić information content (AvgIpc) is 3.52. The number of aryl methyl sites for hydroxylation is 1. The molecule has 2 N–H and O–H groups in total. The lowest BCUT2D eigenvalue weighted by atomic mass is 10.1. The van der Waals surface area contributed by atoms with Gasteiger partial charge in [0.25, 0.3) is 10.0 Å². The Bertz CT molecular complexity index is 1620. The van der Waals surface area contributed by atoms with E-state index in [-0.39, 0.29) is 23.0 Å². The predicted molar refractivity (Wildman–Crippen MR) is 146 cm³/mol.